The molecule has 3 rings (SSSR count). The molecule has 0 spiro atoms. The van der Waals surface area contributed by atoms with Crippen molar-refractivity contribution in [2.75, 3.05) is 0 Å². The monoisotopic (exact) mass is 458 g/mol. The van der Waals surface area contributed by atoms with E-state index in [0.29, 0.717) is 16.7 Å². The van der Waals surface area contributed by atoms with Gasteiger partial charge in [0.1, 0.15) is 0 Å². The van der Waals surface area contributed by atoms with Crippen LogP contribution >= 0.6 is 11.6 Å². The summed E-state index contributed by atoms with van der Waals surface area (Å²) >= 11 is 5.97. The van der Waals surface area contributed by atoms with Crippen LogP contribution in [0.5, 0.6) is 0 Å². The molecule has 1 heterocycles. The highest BCUT2D eigenvalue weighted by molar-refractivity contribution is 6.31. The topological polar surface area (TPSA) is 42.0 Å². The van der Waals surface area contributed by atoms with Crippen molar-refractivity contribution in [3.63, 3.8) is 0 Å². The van der Waals surface area contributed by atoms with Gasteiger partial charge < -0.3 is 5.32 Å². The number of hydrogen-bond donors (Lipinski definition) is 1. The smallest absolute Gasteiger partial charge is 0.348 e. The highest BCUT2D eigenvalue weighted by Gasteiger charge is 2.36. The summed E-state index contributed by atoms with van der Waals surface area (Å²) in [5.41, 5.74) is -2.57. The van der Waals surface area contributed by atoms with Crippen molar-refractivity contribution >= 4 is 17.5 Å². The quantitative estimate of drug-likeness (QED) is 0.462. The molecular weight excluding hydrogens is 446 g/mol. The number of aromatic nitrogens is 1. The van der Waals surface area contributed by atoms with Crippen LogP contribution in [0.15, 0.2) is 60.8 Å². The second-order valence-corrected chi connectivity index (χ2v) is 6.87. The van der Waals surface area contributed by atoms with Gasteiger partial charge in [0.25, 0.3) is 5.91 Å². The Hall–Kier alpha value is -3.07. The molecule has 0 aliphatic carbocycles. The Morgan fingerprint density at radius 3 is 2.16 bits per heavy atom. The van der Waals surface area contributed by atoms with Gasteiger partial charge in [-0.1, -0.05) is 41.9 Å². The third kappa shape index (κ3) is 5.35. The number of nitrogens with zero attached hydrogens (tertiary/aromatic N) is 1. The molecule has 3 nitrogen and oxygen atoms in total. The Labute approximate surface area is 177 Å². The minimum absolute atomic E-state index is 0.0431. The Morgan fingerprint density at radius 1 is 0.935 bits per heavy atom. The lowest BCUT2D eigenvalue weighted by Crippen LogP contribution is -2.26. The second-order valence-electron chi connectivity index (χ2n) is 6.46. The van der Waals surface area contributed by atoms with Crippen molar-refractivity contribution in [3.8, 4) is 11.3 Å². The number of nitrogens with one attached hydrogen (secondary N) is 1. The number of hydrogen-bond acceptors (Lipinski definition) is 2. The molecule has 0 radical (unpaired) electrons. The number of carbonyl (C=O) groups excluding carboxylic acids is 1. The molecule has 1 aromatic heterocycles. The first-order valence-corrected chi connectivity index (χ1v) is 9.11. The molecule has 1 amide bonds. The fourth-order valence-corrected chi connectivity index (χ4v) is 2.97. The first kappa shape index (κ1) is 22.6. The van der Waals surface area contributed by atoms with E-state index in [9.17, 15) is 31.1 Å². The molecule has 1 N–H and O–H groups in total. The summed E-state index contributed by atoms with van der Waals surface area (Å²) in [6, 6.07) is 10.7. The molecule has 2 aromatic carbocycles. The Balaban J connectivity index is 1.90. The van der Waals surface area contributed by atoms with Crippen LogP contribution in [0.3, 0.4) is 0 Å². The zero-order valence-electron chi connectivity index (χ0n) is 15.5. The fourth-order valence-electron chi connectivity index (χ4n) is 2.77. The molecule has 0 aliphatic rings. The summed E-state index contributed by atoms with van der Waals surface area (Å²) in [7, 11) is 0. The number of rotatable bonds is 4. The summed E-state index contributed by atoms with van der Waals surface area (Å²) in [4.78, 5) is 16.2. The van der Waals surface area contributed by atoms with Gasteiger partial charge in [0.2, 0.25) is 0 Å². The molecule has 0 aliphatic heterocycles. The standard InChI is InChI=1S/C21H13ClF6N2O/c22-17-4-2-1-3-13(17)10-30-19(31)15-11-29-18(9-16(15)21(26,27)28)12-5-7-14(8-6-12)20(23,24)25/h1-9,11H,10H2,(H,30,31). The number of carbonyl (C=O) groups is 1. The first-order chi connectivity index (χ1) is 14.5. The van der Waals surface area contributed by atoms with Crippen molar-refractivity contribution in [1.29, 1.82) is 0 Å². The molecule has 0 atom stereocenters. The van der Waals surface area contributed by atoms with Crippen molar-refractivity contribution in [2.45, 2.75) is 18.9 Å². The number of pyridine rings is 1. The lowest BCUT2D eigenvalue weighted by Gasteiger charge is -2.15. The third-order valence-electron chi connectivity index (χ3n) is 4.36. The van der Waals surface area contributed by atoms with Gasteiger partial charge >= 0.3 is 12.4 Å². The molecule has 3 aromatic rings. The first-order valence-electron chi connectivity index (χ1n) is 8.73. The normalized spacial score (nSPS) is 12.0. The fraction of sp³-hybridized carbons (Fsp3) is 0.143. The number of alkyl halides is 6. The van der Waals surface area contributed by atoms with Gasteiger partial charge in [-0.05, 0) is 29.8 Å². The van der Waals surface area contributed by atoms with Gasteiger partial charge in [-0.25, -0.2) is 0 Å². The van der Waals surface area contributed by atoms with Crippen LogP contribution in [0, 0.1) is 0 Å². The maximum atomic E-state index is 13.6. The van der Waals surface area contributed by atoms with E-state index in [1.807, 2.05) is 0 Å². The van der Waals surface area contributed by atoms with Crippen LogP contribution in [0.4, 0.5) is 26.3 Å². The molecule has 10 heteroatoms. The van der Waals surface area contributed by atoms with E-state index < -0.39 is 35.0 Å². The van der Waals surface area contributed by atoms with Crippen LogP contribution in [0.25, 0.3) is 11.3 Å². The average molecular weight is 459 g/mol. The van der Waals surface area contributed by atoms with Crippen molar-refractivity contribution in [1.82, 2.24) is 10.3 Å². The predicted octanol–water partition coefficient (Wildman–Crippen LogP) is 6.37. The summed E-state index contributed by atoms with van der Waals surface area (Å²) in [6.07, 6.45) is -8.72. The second kappa shape index (κ2) is 8.58. The lowest BCUT2D eigenvalue weighted by molar-refractivity contribution is -0.138. The summed E-state index contributed by atoms with van der Waals surface area (Å²) in [5, 5.41) is 2.71. The average Bonchev–Trinajstić information content (AvgIpc) is 2.71. The van der Waals surface area contributed by atoms with Crippen molar-refractivity contribution in [3.05, 3.63) is 88.1 Å². The van der Waals surface area contributed by atoms with E-state index >= 15 is 0 Å². The molecule has 0 fully saturated rings. The van der Waals surface area contributed by atoms with E-state index in [1.54, 1.807) is 24.3 Å². The van der Waals surface area contributed by atoms with Gasteiger partial charge in [0, 0.05) is 23.3 Å². The Morgan fingerprint density at radius 2 is 1.58 bits per heavy atom. The van der Waals surface area contributed by atoms with E-state index in [1.165, 1.54) is 0 Å². The largest absolute Gasteiger partial charge is 0.417 e. The third-order valence-corrected chi connectivity index (χ3v) is 4.73. The summed E-state index contributed by atoms with van der Waals surface area (Å²) < 4.78 is 78.8. The van der Waals surface area contributed by atoms with Crippen LogP contribution in [0.1, 0.15) is 27.0 Å². The van der Waals surface area contributed by atoms with Crippen molar-refractivity contribution < 1.29 is 31.1 Å². The van der Waals surface area contributed by atoms with Gasteiger partial charge in [0.05, 0.1) is 22.4 Å². The van der Waals surface area contributed by atoms with E-state index in [2.05, 4.69) is 10.3 Å². The number of amides is 1. The number of halogens is 7. The van der Waals surface area contributed by atoms with E-state index in [4.69, 9.17) is 11.6 Å². The Bertz CT molecular complexity index is 1090. The van der Waals surface area contributed by atoms with Gasteiger partial charge in [0.15, 0.2) is 0 Å². The highest BCUT2D eigenvalue weighted by atomic mass is 35.5. The minimum Gasteiger partial charge on any atom is -0.348 e. The van der Waals surface area contributed by atoms with E-state index in [-0.39, 0.29) is 17.8 Å². The molecule has 0 bridgehead atoms. The van der Waals surface area contributed by atoms with Crippen LogP contribution in [0.2, 0.25) is 5.02 Å². The van der Waals surface area contributed by atoms with Crippen LogP contribution < -0.4 is 5.32 Å². The molecule has 162 valence electrons. The van der Waals surface area contributed by atoms with Gasteiger partial charge in [-0.15, -0.1) is 0 Å². The summed E-state index contributed by atoms with van der Waals surface area (Å²) in [5.74, 6) is -1.02. The molecule has 31 heavy (non-hydrogen) atoms. The zero-order chi connectivity index (χ0) is 22.8. The van der Waals surface area contributed by atoms with Crippen molar-refractivity contribution in [2.24, 2.45) is 0 Å². The molecule has 0 unspecified atom stereocenters. The molecular formula is C21H13ClF6N2O. The maximum absolute atomic E-state index is 13.6. The number of benzene rings is 2. The summed E-state index contributed by atoms with van der Waals surface area (Å²) in [6.45, 7) is -0.101. The zero-order valence-corrected chi connectivity index (χ0v) is 16.2. The SMILES string of the molecule is O=C(NCc1ccccc1Cl)c1cnc(-c2ccc(C(F)(F)F)cc2)cc1C(F)(F)F. The maximum Gasteiger partial charge on any atom is 0.417 e. The predicted molar refractivity (Wildman–Crippen MR) is 102 cm³/mol. The lowest BCUT2D eigenvalue weighted by atomic mass is 10.0. The minimum atomic E-state index is -4.89. The molecule has 0 saturated carbocycles. The van der Waals surface area contributed by atoms with Gasteiger partial charge in [-0.2, -0.15) is 26.3 Å². The van der Waals surface area contributed by atoms with Crippen LogP contribution in [-0.4, -0.2) is 10.9 Å². The van der Waals surface area contributed by atoms with Crippen LogP contribution in [-0.2, 0) is 18.9 Å². The highest BCUT2D eigenvalue weighted by Crippen LogP contribution is 2.35. The Kier molecular flexibility index (Phi) is 6.26. The van der Waals surface area contributed by atoms with Gasteiger partial charge in [-0.3, -0.25) is 9.78 Å². The molecule has 0 saturated heterocycles. The van der Waals surface area contributed by atoms with E-state index in [0.717, 1.165) is 30.5 Å².